The largest absolute Gasteiger partial charge is 1.00 e. The first-order chi connectivity index (χ1) is 23.9. The van der Waals surface area contributed by atoms with E-state index >= 15 is 0 Å². The van der Waals surface area contributed by atoms with Gasteiger partial charge in [-0.25, -0.2) is 12.2 Å². The van der Waals surface area contributed by atoms with Gasteiger partial charge in [0.05, 0.1) is 0 Å². The molecule has 0 bridgehead atoms. The molecule has 0 atom stereocenters. The number of hydrogen-bond donors (Lipinski definition) is 0. The second-order valence-corrected chi connectivity index (χ2v) is 23.7. The Morgan fingerprint density at radius 1 is 0.596 bits per heavy atom. The van der Waals surface area contributed by atoms with E-state index in [2.05, 4.69) is 122 Å². The molecule has 0 aromatic heterocycles. The van der Waals surface area contributed by atoms with Crippen LogP contribution in [0.3, 0.4) is 0 Å². The maximum atomic E-state index is 6.06. The van der Waals surface area contributed by atoms with Crippen molar-refractivity contribution in [2.45, 2.75) is 74.4 Å². The number of allylic oxidation sites excluding steroid dienone is 12. The monoisotopic (exact) mass is 828 g/mol. The van der Waals surface area contributed by atoms with Gasteiger partial charge in [-0.1, -0.05) is 79.4 Å². The van der Waals surface area contributed by atoms with Crippen LogP contribution in [-0.4, -0.2) is 31.9 Å². The zero-order valence-electron chi connectivity index (χ0n) is 31.8. The molecule has 0 saturated carbocycles. The van der Waals surface area contributed by atoms with Gasteiger partial charge in [0.25, 0.3) is 0 Å². The van der Waals surface area contributed by atoms with Crippen LogP contribution in [0.2, 0.25) is 13.1 Å². The molecule has 2 aromatic carbocycles. The van der Waals surface area contributed by atoms with Crippen molar-refractivity contribution in [3.8, 4) is 0 Å². The minimum absolute atomic E-state index is 0. The van der Waals surface area contributed by atoms with Crippen molar-refractivity contribution in [3.05, 3.63) is 151 Å². The number of rotatable bonds is 3. The van der Waals surface area contributed by atoms with Gasteiger partial charge < -0.3 is 43.8 Å². The van der Waals surface area contributed by atoms with E-state index < -0.39 is 0 Å². The van der Waals surface area contributed by atoms with Crippen LogP contribution in [0.5, 0.6) is 0 Å². The first kappa shape index (κ1) is 42.0. The first-order valence-corrected chi connectivity index (χ1v) is 23.9. The molecule has 6 aliphatic rings. The Morgan fingerprint density at radius 2 is 0.981 bits per heavy atom. The van der Waals surface area contributed by atoms with Crippen molar-refractivity contribution in [2.24, 2.45) is 5.92 Å². The second-order valence-electron chi connectivity index (χ2n) is 14.4. The van der Waals surface area contributed by atoms with Gasteiger partial charge >= 0.3 is 41.9 Å². The topological polar surface area (TPSA) is 36.9 Å². The maximum absolute atomic E-state index is 6.06. The van der Waals surface area contributed by atoms with Crippen molar-refractivity contribution >= 4 is 16.6 Å². The Bertz CT molecular complexity index is 1980. The Kier molecular flexibility index (Phi) is 14.6. The van der Waals surface area contributed by atoms with Crippen LogP contribution >= 0.6 is 0 Å². The van der Waals surface area contributed by atoms with Crippen molar-refractivity contribution in [2.75, 3.05) is 26.4 Å². The molecule has 0 spiro atoms. The van der Waals surface area contributed by atoms with E-state index in [1.807, 2.05) is 0 Å². The van der Waals surface area contributed by atoms with Crippen LogP contribution in [0.1, 0.15) is 67.0 Å². The quantitative estimate of drug-likeness (QED) is 0.343. The molecule has 0 radical (unpaired) electrons. The normalized spacial score (nSPS) is 18.0. The van der Waals surface area contributed by atoms with E-state index in [1.165, 1.54) is 72.4 Å². The van der Waals surface area contributed by atoms with Gasteiger partial charge in [-0.15, -0.1) is 0 Å². The fourth-order valence-corrected chi connectivity index (χ4v) is 7.17. The molecule has 2 aliphatic heterocycles. The minimum Gasteiger partial charge on any atom is -1.00 e. The molecule has 0 amide bonds. The van der Waals surface area contributed by atoms with Gasteiger partial charge in [0, 0.05) is 12.8 Å². The van der Waals surface area contributed by atoms with Crippen LogP contribution < -0.4 is 24.8 Å². The van der Waals surface area contributed by atoms with Crippen LogP contribution in [0.25, 0.3) is 11.1 Å². The molecule has 0 unspecified atom stereocenters. The Hall–Kier alpha value is -2.76. The molecule has 2 heterocycles. The summed E-state index contributed by atoms with van der Waals surface area (Å²) in [5.41, 5.74) is 17.4. The summed E-state index contributed by atoms with van der Waals surface area (Å²) in [7, 11) is 0. The van der Waals surface area contributed by atoms with Crippen LogP contribution in [0, 0.1) is 45.8 Å². The zero-order chi connectivity index (χ0) is 35.7. The van der Waals surface area contributed by atoms with E-state index in [4.69, 9.17) is 18.9 Å². The van der Waals surface area contributed by atoms with Gasteiger partial charge in [0.1, 0.15) is 37.9 Å². The van der Waals surface area contributed by atoms with Gasteiger partial charge in [-0.05, 0) is 55.9 Å². The summed E-state index contributed by atoms with van der Waals surface area (Å²) >= 11 is 1.74. The van der Waals surface area contributed by atoms with E-state index in [0.29, 0.717) is 32.3 Å². The molecule has 272 valence electrons. The van der Waals surface area contributed by atoms with E-state index in [1.54, 1.807) is 23.3 Å². The molecule has 52 heavy (non-hydrogen) atoms. The summed E-state index contributed by atoms with van der Waals surface area (Å²) in [4.78, 5) is 0. The smallest absolute Gasteiger partial charge is 0.152 e. The Balaban J connectivity index is 0.000000205. The van der Waals surface area contributed by atoms with Crippen molar-refractivity contribution in [3.63, 3.8) is 0 Å². The Labute approximate surface area is 338 Å². The van der Waals surface area contributed by atoms with E-state index in [0.717, 1.165) is 41.5 Å². The van der Waals surface area contributed by atoms with Gasteiger partial charge in [-0.3, -0.25) is 0 Å². The van der Waals surface area contributed by atoms with Gasteiger partial charge in [-0.2, -0.15) is 45.6 Å². The number of aryl methyl sites for hydroxylation is 4. The summed E-state index contributed by atoms with van der Waals surface area (Å²) in [6, 6.07) is 13.3. The summed E-state index contributed by atoms with van der Waals surface area (Å²) in [6.45, 7) is 22.2. The fourth-order valence-electron chi connectivity index (χ4n) is 7.17. The molecule has 0 fully saturated rings. The molecule has 4 nitrogen and oxygen atoms in total. The fraction of sp³-hybridized carbons (Fsp3) is 0.364. The summed E-state index contributed by atoms with van der Waals surface area (Å²) in [6.07, 6.45) is 13.1. The van der Waals surface area contributed by atoms with Crippen LogP contribution in [0.15, 0.2) is 105 Å². The van der Waals surface area contributed by atoms with Crippen molar-refractivity contribution in [1.29, 1.82) is 0 Å². The number of halogens is 2. The molecular weight excluding hydrogens is 783 g/mol. The third-order valence-electron chi connectivity index (χ3n) is 8.98. The predicted octanol–water partition coefficient (Wildman–Crippen LogP) is 4.25. The number of benzene rings is 2. The molecular formula is C44H48Cl2O4SiZr-2. The third kappa shape index (κ3) is 9.48. The summed E-state index contributed by atoms with van der Waals surface area (Å²) in [5.74, 6) is 4.22. The van der Waals surface area contributed by atoms with Crippen molar-refractivity contribution < 1.29 is 67.1 Å². The molecule has 8 rings (SSSR count). The maximum Gasteiger partial charge on any atom is 0.152 e. The minimum atomic E-state index is 0. The van der Waals surface area contributed by atoms with E-state index in [-0.39, 0.29) is 30.2 Å². The predicted molar refractivity (Wildman–Crippen MR) is 200 cm³/mol. The molecule has 0 N–H and O–H groups in total. The third-order valence-corrected chi connectivity index (χ3v) is 8.98. The first-order valence-electron chi connectivity index (χ1n) is 17.7. The molecule has 2 aromatic rings. The average Bonchev–Trinajstić information content (AvgIpc) is 3.64. The molecule has 4 aliphatic carbocycles. The van der Waals surface area contributed by atoms with Crippen LogP contribution in [0.4, 0.5) is 0 Å². The van der Waals surface area contributed by atoms with Gasteiger partial charge in [0.15, 0.2) is 11.5 Å². The Morgan fingerprint density at radius 3 is 1.40 bits per heavy atom. The zero-order valence-corrected chi connectivity index (χ0v) is 36.8. The molecule has 8 heteroatoms. The van der Waals surface area contributed by atoms with Crippen LogP contribution in [-0.2, 0) is 42.3 Å². The van der Waals surface area contributed by atoms with Gasteiger partial charge in [0.2, 0.25) is 0 Å². The van der Waals surface area contributed by atoms with Crippen molar-refractivity contribution in [1.82, 2.24) is 0 Å². The number of hydrogen-bond acceptors (Lipinski definition) is 4. The average molecular weight is 831 g/mol. The second kappa shape index (κ2) is 18.0. The number of ether oxygens (including phenoxy) is 4. The summed E-state index contributed by atoms with van der Waals surface area (Å²) < 4.78 is 23.9. The number of fused-ring (bicyclic) bond motifs is 2. The standard InChI is InChI=1S/C22H23O2.C20H19O2.C2H6Si.2ClH.Zr/c1-13(2)16-10-17-12-20-22(24-6-5-23-20)21(19(17)11-16)18-8-14(3)7-15(4)9-18;1-12-6-13(2)9-16(8-12)19-17-10-14(3)7-15(17)11-18-20(19)22-5-4-21-18;1-3-2;;;/h7-9,11,13H,5-6,12H2,1-4H3;6,8-10H,4-5,11H2,1-3H3;1-2H3;2*1H;/q2*-1;;;;+2/p-2. The summed E-state index contributed by atoms with van der Waals surface area (Å²) in [5, 5.41) is 0. The van der Waals surface area contributed by atoms with E-state index in [9.17, 15) is 0 Å². The molecule has 0 saturated heterocycles. The SMILES string of the molecule is CC1=CC2=C(c3cc(C)cc(C)c3)C3=C(CC2=[C-]1)OCCO3.C[Si](C)=[Zr+2].Cc1cc(C)cc(C2=C3C=C(C(C)C)[C-]=C3CC3=C2OCCO3)c1.[Cl-].[Cl-].